The molecule has 3 amide bonds. The number of aliphatic hydroxyl groups is 1. The average molecular weight is 518 g/mol. The summed E-state index contributed by atoms with van der Waals surface area (Å²) in [6.45, 7) is 4.08. The molecule has 8 heteroatoms. The number of carbonyl (C=O) groups excluding carboxylic acids is 2. The van der Waals surface area contributed by atoms with Gasteiger partial charge in [-0.3, -0.25) is 14.6 Å². The standard InChI is InChI=1S/C30H35N3O5/c1-18-2-7-23(35)12-24(18)28-13-21-16-32(14-19-3-4-19)25(21)30(28,38)11-10-29(17-28)26(36)33(27(37)31-29)15-20-5-8-22(34)9-6-20/h2,5-9,12,19,21,25,34-35,38H,3-4,10-11,13-17H2,1H3,(H,31,37)/t21?,25-,28-,29+,30?/m1/s1. The van der Waals surface area contributed by atoms with Gasteiger partial charge in [-0.25, -0.2) is 4.79 Å². The highest BCUT2D eigenvalue weighted by Gasteiger charge is 2.74. The number of carbonyl (C=O) groups is 2. The summed E-state index contributed by atoms with van der Waals surface area (Å²) >= 11 is 0. The van der Waals surface area contributed by atoms with Crippen LogP contribution in [0.2, 0.25) is 0 Å². The zero-order chi connectivity index (χ0) is 26.4. The summed E-state index contributed by atoms with van der Waals surface area (Å²) in [6, 6.07) is 11.4. The van der Waals surface area contributed by atoms with Crippen LogP contribution in [0.5, 0.6) is 11.5 Å². The summed E-state index contributed by atoms with van der Waals surface area (Å²) in [4.78, 5) is 31.0. The fraction of sp³-hybridized carbons (Fsp3) is 0.533. The molecule has 2 aromatic carbocycles. The van der Waals surface area contributed by atoms with Crippen molar-refractivity contribution in [3.05, 3.63) is 59.2 Å². The zero-order valence-corrected chi connectivity index (χ0v) is 21.7. The fourth-order valence-electron chi connectivity index (χ4n) is 8.35. The number of benzene rings is 2. The molecule has 1 spiro atoms. The minimum atomic E-state index is -1.11. The van der Waals surface area contributed by atoms with Crippen molar-refractivity contribution < 1.29 is 24.9 Å². The van der Waals surface area contributed by atoms with Crippen LogP contribution in [-0.2, 0) is 16.8 Å². The van der Waals surface area contributed by atoms with Gasteiger partial charge in [0.25, 0.3) is 5.91 Å². The number of urea groups is 1. The molecule has 38 heavy (non-hydrogen) atoms. The number of aryl methyl sites for hydroxylation is 1. The van der Waals surface area contributed by atoms with Gasteiger partial charge in [-0.05, 0) is 98.2 Å². The topological polar surface area (TPSA) is 113 Å². The first-order valence-corrected chi connectivity index (χ1v) is 13.8. The minimum Gasteiger partial charge on any atom is -0.508 e. The number of rotatable bonds is 5. The number of hydrogen-bond donors (Lipinski definition) is 4. The lowest BCUT2D eigenvalue weighted by Gasteiger charge is -2.57. The second-order valence-corrected chi connectivity index (χ2v) is 12.6. The Hall–Kier alpha value is -3.10. The minimum absolute atomic E-state index is 0.0301. The molecule has 200 valence electrons. The molecule has 2 aliphatic heterocycles. The summed E-state index contributed by atoms with van der Waals surface area (Å²) in [7, 11) is 0. The quantitative estimate of drug-likeness (QED) is 0.453. The molecule has 2 aromatic rings. The lowest BCUT2D eigenvalue weighted by molar-refractivity contribution is -0.152. The van der Waals surface area contributed by atoms with E-state index in [0.717, 1.165) is 42.1 Å². The summed E-state index contributed by atoms with van der Waals surface area (Å²) < 4.78 is 0. The molecule has 8 nitrogen and oxygen atoms in total. The lowest BCUT2D eigenvalue weighted by atomic mass is 9.55. The van der Waals surface area contributed by atoms with Crippen molar-refractivity contribution >= 4 is 11.9 Å². The number of imide groups is 1. The van der Waals surface area contributed by atoms with Gasteiger partial charge in [-0.15, -0.1) is 0 Å². The van der Waals surface area contributed by atoms with Crippen LogP contribution in [0.15, 0.2) is 42.5 Å². The number of likely N-dealkylation sites (tertiary alicyclic amines) is 1. The lowest BCUT2D eigenvalue weighted by Crippen LogP contribution is -2.70. The molecule has 2 saturated heterocycles. The molecule has 5 aliphatic rings. The summed E-state index contributed by atoms with van der Waals surface area (Å²) in [5.41, 5.74) is -0.305. The molecular weight excluding hydrogens is 482 g/mol. The van der Waals surface area contributed by atoms with Gasteiger partial charge in [0.1, 0.15) is 17.0 Å². The normalized spacial score (nSPS) is 36.2. The number of phenolic OH excluding ortho intramolecular Hbond substituents is 2. The van der Waals surface area contributed by atoms with Gasteiger partial charge in [0, 0.05) is 24.5 Å². The van der Waals surface area contributed by atoms with E-state index in [9.17, 15) is 24.9 Å². The molecule has 0 bridgehead atoms. The number of nitrogens with one attached hydrogen (secondary N) is 1. The number of aromatic hydroxyl groups is 2. The summed E-state index contributed by atoms with van der Waals surface area (Å²) in [5, 5.41) is 35.9. The first-order chi connectivity index (χ1) is 18.1. The van der Waals surface area contributed by atoms with Crippen LogP contribution in [0.25, 0.3) is 0 Å². The third-order valence-corrected chi connectivity index (χ3v) is 10.2. The van der Waals surface area contributed by atoms with Crippen LogP contribution in [-0.4, -0.2) is 67.3 Å². The molecule has 5 fully saturated rings. The van der Waals surface area contributed by atoms with Gasteiger partial charge in [0.15, 0.2) is 0 Å². The van der Waals surface area contributed by atoms with E-state index in [1.54, 1.807) is 36.4 Å². The van der Waals surface area contributed by atoms with Crippen molar-refractivity contribution in [1.82, 2.24) is 15.1 Å². The Labute approximate surface area is 222 Å². The largest absolute Gasteiger partial charge is 0.508 e. The molecule has 7 rings (SSSR count). The number of nitrogens with zero attached hydrogens (tertiary/aromatic N) is 2. The molecule has 2 unspecified atom stereocenters. The molecule has 0 aromatic heterocycles. The second-order valence-electron chi connectivity index (χ2n) is 12.6. The molecule has 0 radical (unpaired) electrons. The van der Waals surface area contributed by atoms with Crippen molar-refractivity contribution in [2.75, 3.05) is 13.1 Å². The van der Waals surface area contributed by atoms with Crippen LogP contribution in [0.1, 0.15) is 55.2 Å². The average Bonchev–Trinajstić information content (AvgIpc) is 3.63. The summed E-state index contributed by atoms with van der Waals surface area (Å²) in [5.74, 6) is 1.05. The van der Waals surface area contributed by atoms with E-state index in [-0.39, 0.29) is 30.0 Å². The van der Waals surface area contributed by atoms with Crippen LogP contribution < -0.4 is 5.32 Å². The van der Waals surface area contributed by atoms with Crippen molar-refractivity contribution in [2.45, 2.75) is 74.6 Å². The maximum atomic E-state index is 14.0. The van der Waals surface area contributed by atoms with Crippen molar-refractivity contribution in [2.24, 2.45) is 11.8 Å². The monoisotopic (exact) mass is 517 g/mol. The predicted molar refractivity (Wildman–Crippen MR) is 139 cm³/mol. The Balaban J connectivity index is 1.27. The van der Waals surface area contributed by atoms with Crippen LogP contribution in [0.3, 0.4) is 0 Å². The Kier molecular flexibility index (Phi) is 5.02. The van der Waals surface area contributed by atoms with E-state index in [1.807, 2.05) is 13.0 Å². The molecule has 3 saturated carbocycles. The van der Waals surface area contributed by atoms with E-state index in [4.69, 9.17) is 0 Å². The Bertz CT molecular complexity index is 1330. The second kappa shape index (κ2) is 7.96. The molecule has 5 atom stereocenters. The Morgan fingerprint density at radius 1 is 1.03 bits per heavy atom. The van der Waals surface area contributed by atoms with Gasteiger partial charge in [-0.2, -0.15) is 0 Å². The Morgan fingerprint density at radius 3 is 2.50 bits per heavy atom. The SMILES string of the molecule is Cc1ccc(O)cc1[C@]12CC3CN(CC4CC4)[C@H]3C1(O)CC[C@@]1(C2)NC(=O)N(Cc2ccc(O)cc2)C1=O. The number of fused-ring (bicyclic) bond motifs is 3. The molecule has 4 N–H and O–H groups in total. The van der Waals surface area contributed by atoms with Crippen LogP contribution in [0.4, 0.5) is 4.79 Å². The maximum Gasteiger partial charge on any atom is 0.325 e. The fourth-order valence-corrected chi connectivity index (χ4v) is 8.35. The third kappa shape index (κ3) is 3.29. The van der Waals surface area contributed by atoms with Gasteiger partial charge < -0.3 is 20.6 Å². The molecule has 3 aliphatic carbocycles. The number of amides is 3. The maximum absolute atomic E-state index is 14.0. The highest BCUT2D eigenvalue weighted by atomic mass is 16.3. The van der Waals surface area contributed by atoms with Gasteiger partial charge in [0.05, 0.1) is 12.1 Å². The van der Waals surface area contributed by atoms with E-state index < -0.39 is 22.6 Å². The molecular formula is C30H35N3O5. The first-order valence-electron chi connectivity index (χ1n) is 13.8. The number of hydrogen-bond acceptors (Lipinski definition) is 6. The zero-order valence-electron chi connectivity index (χ0n) is 21.7. The van der Waals surface area contributed by atoms with E-state index in [1.165, 1.54) is 17.7 Å². The van der Waals surface area contributed by atoms with Gasteiger partial charge >= 0.3 is 6.03 Å². The van der Waals surface area contributed by atoms with E-state index >= 15 is 0 Å². The highest BCUT2D eigenvalue weighted by molar-refractivity contribution is 6.07. The van der Waals surface area contributed by atoms with Crippen molar-refractivity contribution in [1.29, 1.82) is 0 Å². The van der Waals surface area contributed by atoms with E-state index in [0.29, 0.717) is 25.2 Å². The van der Waals surface area contributed by atoms with Crippen LogP contribution >= 0.6 is 0 Å². The van der Waals surface area contributed by atoms with Gasteiger partial charge in [0.2, 0.25) is 0 Å². The van der Waals surface area contributed by atoms with Crippen molar-refractivity contribution in [3.8, 4) is 11.5 Å². The van der Waals surface area contributed by atoms with E-state index in [2.05, 4.69) is 10.2 Å². The Morgan fingerprint density at radius 2 is 1.76 bits per heavy atom. The predicted octanol–water partition coefficient (Wildman–Crippen LogP) is 3.16. The third-order valence-electron chi connectivity index (χ3n) is 10.2. The summed E-state index contributed by atoms with van der Waals surface area (Å²) in [6.07, 6.45) is 4.32. The van der Waals surface area contributed by atoms with Crippen molar-refractivity contribution in [3.63, 3.8) is 0 Å². The van der Waals surface area contributed by atoms with Crippen LogP contribution in [0, 0.1) is 18.8 Å². The smallest absolute Gasteiger partial charge is 0.325 e. The number of phenols is 2. The molecule has 2 heterocycles. The first kappa shape index (κ1) is 24.0. The van der Waals surface area contributed by atoms with Gasteiger partial charge in [-0.1, -0.05) is 18.2 Å². The highest BCUT2D eigenvalue weighted by Crippen LogP contribution is 2.65.